The quantitative estimate of drug-likeness (QED) is 0.579. The van der Waals surface area contributed by atoms with E-state index in [1.54, 1.807) is 31.2 Å². The number of amides is 1. The van der Waals surface area contributed by atoms with Crippen molar-refractivity contribution < 1.29 is 14.3 Å². The Balaban J connectivity index is 2.03. The molecule has 1 aromatic heterocycles. The number of nitrogens with two attached hydrogens (primary N) is 1. The van der Waals surface area contributed by atoms with Crippen molar-refractivity contribution >= 4 is 45.8 Å². The van der Waals surface area contributed by atoms with Crippen molar-refractivity contribution in [2.45, 2.75) is 12.5 Å². The van der Waals surface area contributed by atoms with Crippen LogP contribution in [-0.4, -0.2) is 27.8 Å². The standard InChI is InChI=1S/C21H15ClN4O5/c1-2-31-19(29)15-16(23)25-17(27)11-5-3-4-6-12(11)18(28)26(25)21(15)13-9-10(22)7-8-14(13)24-20(21)30/h3-9H,2,23H2,1H3,(H,24,30). The first-order chi connectivity index (χ1) is 14.8. The molecule has 10 heteroatoms. The molecule has 1 unspecified atom stereocenters. The lowest BCUT2D eigenvalue weighted by atomic mass is 9.84. The summed E-state index contributed by atoms with van der Waals surface area (Å²) in [5.41, 5.74) is 3.15. The highest BCUT2D eigenvalue weighted by molar-refractivity contribution is 6.31. The lowest BCUT2D eigenvalue weighted by Crippen LogP contribution is -2.52. The van der Waals surface area contributed by atoms with Crippen LogP contribution in [0.4, 0.5) is 5.69 Å². The van der Waals surface area contributed by atoms with Gasteiger partial charge in [0.1, 0.15) is 11.4 Å². The monoisotopic (exact) mass is 438 g/mol. The number of hydrogen-bond donors (Lipinski definition) is 2. The number of rotatable bonds is 2. The van der Waals surface area contributed by atoms with E-state index in [-0.39, 0.29) is 39.4 Å². The molecule has 2 aromatic carbocycles. The Labute approximate surface area is 179 Å². The number of nitrogens with zero attached hydrogens (tertiary/aromatic N) is 2. The molecule has 0 fully saturated rings. The zero-order valence-corrected chi connectivity index (χ0v) is 16.9. The lowest BCUT2D eigenvalue weighted by Gasteiger charge is -2.27. The Morgan fingerprint density at radius 1 is 1.13 bits per heavy atom. The zero-order chi connectivity index (χ0) is 22.1. The molecule has 0 saturated heterocycles. The van der Waals surface area contributed by atoms with Gasteiger partial charge < -0.3 is 15.8 Å². The highest BCUT2D eigenvalue weighted by Crippen LogP contribution is 2.48. The van der Waals surface area contributed by atoms with Gasteiger partial charge in [0.2, 0.25) is 5.54 Å². The fourth-order valence-electron chi connectivity index (χ4n) is 4.36. The van der Waals surface area contributed by atoms with E-state index in [0.717, 1.165) is 9.36 Å². The summed E-state index contributed by atoms with van der Waals surface area (Å²) >= 11 is 6.19. The molecule has 1 spiro atoms. The molecule has 0 aliphatic carbocycles. The molecule has 156 valence electrons. The molecule has 5 rings (SSSR count). The van der Waals surface area contributed by atoms with Crippen molar-refractivity contribution in [2.24, 2.45) is 5.73 Å². The summed E-state index contributed by atoms with van der Waals surface area (Å²) < 4.78 is 6.96. The molecule has 0 radical (unpaired) electrons. The van der Waals surface area contributed by atoms with E-state index in [0.29, 0.717) is 5.69 Å². The summed E-state index contributed by atoms with van der Waals surface area (Å²) in [5, 5.41) is 3.14. The van der Waals surface area contributed by atoms with E-state index in [1.165, 1.54) is 18.2 Å². The van der Waals surface area contributed by atoms with Gasteiger partial charge in [0, 0.05) is 16.3 Å². The molecule has 1 amide bonds. The Morgan fingerprint density at radius 3 is 2.48 bits per heavy atom. The third kappa shape index (κ3) is 2.21. The van der Waals surface area contributed by atoms with Gasteiger partial charge in [0.05, 0.1) is 17.4 Å². The Morgan fingerprint density at radius 2 is 1.81 bits per heavy atom. The maximum absolute atomic E-state index is 13.6. The molecule has 31 heavy (non-hydrogen) atoms. The molecule has 3 heterocycles. The summed E-state index contributed by atoms with van der Waals surface area (Å²) in [6, 6.07) is 10.7. The van der Waals surface area contributed by atoms with Crippen LogP contribution in [0.15, 0.2) is 57.6 Å². The van der Waals surface area contributed by atoms with Crippen molar-refractivity contribution in [2.75, 3.05) is 11.9 Å². The van der Waals surface area contributed by atoms with Crippen molar-refractivity contribution in [1.82, 2.24) is 9.36 Å². The number of aromatic nitrogens is 2. The number of esters is 1. The summed E-state index contributed by atoms with van der Waals surface area (Å²) in [4.78, 5) is 53.4. The number of halogens is 1. The number of carbonyl (C=O) groups is 2. The van der Waals surface area contributed by atoms with Crippen LogP contribution in [0.3, 0.4) is 0 Å². The number of benzene rings is 2. The Hall–Kier alpha value is -3.85. The van der Waals surface area contributed by atoms with Gasteiger partial charge in [0.15, 0.2) is 0 Å². The second kappa shape index (κ2) is 6.32. The fraction of sp³-hybridized carbons (Fsp3) is 0.143. The first-order valence-electron chi connectivity index (χ1n) is 9.40. The highest BCUT2D eigenvalue weighted by atomic mass is 35.5. The molecular formula is C21H15ClN4O5. The molecular weight excluding hydrogens is 424 g/mol. The van der Waals surface area contributed by atoms with E-state index in [4.69, 9.17) is 22.1 Å². The molecule has 3 aromatic rings. The number of nitrogens with one attached hydrogen (secondary N) is 1. The summed E-state index contributed by atoms with van der Waals surface area (Å²) in [6.07, 6.45) is 0. The van der Waals surface area contributed by atoms with Gasteiger partial charge in [-0.15, -0.1) is 0 Å². The molecule has 1 atom stereocenters. The molecule has 3 N–H and O–H groups in total. The minimum Gasteiger partial charge on any atom is -0.462 e. The number of fused-ring (bicyclic) bond motifs is 5. The van der Waals surface area contributed by atoms with Gasteiger partial charge in [0.25, 0.3) is 17.0 Å². The van der Waals surface area contributed by atoms with Gasteiger partial charge in [-0.25, -0.2) is 9.48 Å². The molecule has 0 saturated carbocycles. The van der Waals surface area contributed by atoms with Gasteiger partial charge in [-0.1, -0.05) is 23.7 Å². The van der Waals surface area contributed by atoms with Crippen LogP contribution in [0.1, 0.15) is 12.5 Å². The predicted octanol–water partition coefficient (Wildman–Crippen LogP) is 1.22. The second-order valence-electron chi connectivity index (χ2n) is 7.11. The largest absolute Gasteiger partial charge is 0.462 e. The minimum atomic E-state index is -2.04. The summed E-state index contributed by atoms with van der Waals surface area (Å²) in [5.74, 6) is -1.99. The van der Waals surface area contributed by atoms with Crippen molar-refractivity contribution in [3.63, 3.8) is 0 Å². The van der Waals surface area contributed by atoms with Crippen LogP contribution in [-0.2, 0) is 19.9 Å². The van der Waals surface area contributed by atoms with Crippen LogP contribution in [0, 0.1) is 0 Å². The second-order valence-corrected chi connectivity index (χ2v) is 7.55. The zero-order valence-electron chi connectivity index (χ0n) is 16.1. The summed E-state index contributed by atoms with van der Waals surface area (Å²) in [7, 11) is 0. The van der Waals surface area contributed by atoms with Crippen LogP contribution >= 0.6 is 11.6 Å². The van der Waals surface area contributed by atoms with E-state index in [2.05, 4.69) is 5.32 Å². The van der Waals surface area contributed by atoms with E-state index in [9.17, 15) is 19.2 Å². The van der Waals surface area contributed by atoms with E-state index >= 15 is 0 Å². The minimum absolute atomic E-state index is 0.00215. The van der Waals surface area contributed by atoms with Crippen molar-refractivity contribution in [3.8, 4) is 0 Å². The van der Waals surface area contributed by atoms with Crippen LogP contribution in [0.25, 0.3) is 16.6 Å². The maximum Gasteiger partial charge on any atom is 0.341 e. The van der Waals surface area contributed by atoms with Crippen LogP contribution in [0.5, 0.6) is 0 Å². The average Bonchev–Trinajstić information content (AvgIpc) is 3.19. The first-order valence-corrected chi connectivity index (χ1v) is 9.78. The van der Waals surface area contributed by atoms with Gasteiger partial charge in [-0.05, 0) is 37.3 Å². The predicted molar refractivity (Wildman–Crippen MR) is 114 cm³/mol. The highest BCUT2D eigenvalue weighted by Gasteiger charge is 2.61. The molecule has 9 nitrogen and oxygen atoms in total. The van der Waals surface area contributed by atoms with Crippen molar-refractivity contribution in [1.29, 1.82) is 0 Å². The maximum atomic E-state index is 13.6. The molecule has 2 aliphatic heterocycles. The number of anilines is 1. The van der Waals surface area contributed by atoms with Gasteiger partial charge in [-0.3, -0.25) is 14.4 Å². The first kappa shape index (κ1) is 19.1. The molecule has 0 bridgehead atoms. The van der Waals surface area contributed by atoms with Gasteiger partial charge in [-0.2, -0.15) is 4.68 Å². The SMILES string of the molecule is CCOC(=O)C1=C(N)n2c(=O)c3ccccc3c(=O)n2C12C(=O)Nc1ccc(Cl)cc12. The molecule has 2 aliphatic rings. The summed E-state index contributed by atoms with van der Waals surface area (Å²) in [6.45, 7) is 1.59. The number of carbonyl (C=O) groups excluding carboxylic acids is 2. The number of hydrogen-bond acceptors (Lipinski definition) is 6. The van der Waals surface area contributed by atoms with E-state index < -0.39 is 28.5 Å². The third-order valence-electron chi connectivity index (χ3n) is 5.56. The van der Waals surface area contributed by atoms with Crippen LogP contribution in [0.2, 0.25) is 5.02 Å². The van der Waals surface area contributed by atoms with Crippen molar-refractivity contribution in [3.05, 3.63) is 79.3 Å². The average molecular weight is 439 g/mol. The van der Waals surface area contributed by atoms with Gasteiger partial charge >= 0.3 is 5.97 Å². The smallest absolute Gasteiger partial charge is 0.341 e. The fourth-order valence-corrected chi connectivity index (χ4v) is 4.53. The Bertz CT molecular complexity index is 1490. The van der Waals surface area contributed by atoms with Crippen LogP contribution < -0.4 is 22.2 Å². The lowest BCUT2D eigenvalue weighted by molar-refractivity contribution is -0.140. The number of ether oxygens (including phenoxy) is 1. The Kier molecular flexibility index (Phi) is 3.90. The third-order valence-corrected chi connectivity index (χ3v) is 5.80. The topological polar surface area (TPSA) is 125 Å². The van der Waals surface area contributed by atoms with E-state index in [1.807, 2.05) is 0 Å². The normalized spacial score (nSPS) is 19.0.